The molecule has 0 unspecified atom stereocenters. The predicted octanol–water partition coefficient (Wildman–Crippen LogP) is 3.40. The molecule has 0 amide bonds. The third-order valence-corrected chi connectivity index (χ3v) is 3.21. The summed E-state index contributed by atoms with van der Waals surface area (Å²) in [5.41, 5.74) is 5.68. The van der Waals surface area contributed by atoms with Crippen LogP contribution in [0.2, 0.25) is 0 Å². The molecule has 0 saturated heterocycles. The topological polar surface area (TPSA) is 34.9 Å². The Morgan fingerprint density at radius 1 is 1.00 bits per heavy atom. The molecule has 0 fully saturated rings. The first kappa shape index (κ1) is 15.2. The lowest BCUT2D eigenvalue weighted by Crippen LogP contribution is -2.18. The van der Waals surface area contributed by atoms with Gasteiger partial charge in [-0.2, -0.15) is 0 Å². The van der Waals surface area contributed by atoms with Gasteiger partial charge in [0.15, 0.2) is 0 Å². The first-order chi connectivity index (χ1) is 8.99. The van der Waals surface area contributed by atoms with E-state index in [0.717, 1.165) is 11.1 Å². The first-order valence-corrected chi connectivity index (χ1v) is 6.60. The molecule has 0 radical (unpaired) electrons. The second-order valence-corrected chi connectivity index (χ2v) is 4.47. The van der Waals surface area contributed by atoms with Gasteiger partial charge in [0.05, 0.1) is 0 Å². The zero-order chi connectivity index (χ0) is 14.6. The normalized spacial score (nSPS) is 9.79. The van der Waals surface area contributed by atoms with E-state index in [2.05, 4.69) is 37.9 Å². The predicted molar refractivity (Wildman–Crippen MR) is 80.5 cm³/mol. The van der Waals surface area contributed by atoms with Gasteiger partial charge in [-0.05, 0) is 43.0 Å². The Bertz CT molecular complexity index is 604. The van der Waals surface area contributed by atoms with E-state index < -0.39 is 0 Å². The number of aromatic nitrogens is 2. The first-order valence-electron chi connectivity index (χ1n) is 6.60. The van der Waals surface area contributed by atoms with Crippen molar-refractivity contribution in [1.82, 2.24) is 9.55 Å². The van der Waals surface area contributed by atoms with Crippen molar-refractivity contribution in [2.24, 2.45) is 7.05 Å². The van der Waals surface area contributed by atoms with Crippen LogP contribution in [0.5, 0.6) is 0 Å². The highest BCUT2D eigenvalue weighted by atomic mass is 16.1. The molecule has 0 aliphatic carbocycles. The van der Waals surface area contributed by atoms with Crippen LogP contribution in [0.15, 0.2) is 29.3 Å². The highest BCUT2D eigenvalue weighted by Gasteiger charge is 2.04. The summed E-state index contributed by atoms with van der Waals surface area (Å²) in [6.45, 7) is 10.3. The van der Waals surface area contributed by atoms with E-state index >= 15 is 0 Å². The van der Waals surface area contributed by atoms with Crippen molar-refractivity contribution in [3.63, 3.8) is 0 Å². The summed E-state index contributed by atoms with van der Waals surface area (Å²) < 4.78 is 1.50. The van der Waals surface area contributed by atoms with Crippen LogP contribution in [0.4, 0.5) is 0 Å². The number of hydrogen-bond acceptors (Lipinski definition) is 2. The highest BCUT2D eigenvalue weighted by Crippen LogP contribution is 2.23. The lowest BCUT2D eigenvalue weighted by Gasteiger charge is -2.09. The average Bonchev–Trinajstić information content (AvgIpc) is 2.41. The van der Waals surface area contributed by atoms with Gasteiger partial charge in [-0.3, -0.25) is 0 Å². The fourth-order valence-corrected chi connectivity index (χ4v) is 1.86. The fraction of sp³-hybridized carbons (Fsp3) is 0.375. The van der Waals surface area contributed by atoms with Gasteiger partial charge in [0.1, 0.15) is 0 Å². The number of hydrogen-bond donors (Lipinski definition) is 0. The Morgan fingerprint density at radius 3 is 2.00 bits per heavy atom. The molecule has 3 nitrogen and oxygen atoms in total. The fourth-order valence-electron chi connectivity index (χ4n) is 1.86. The van der Waals surface area contributed by atoms with Gasteiger partial charge in [-0.25, -0.2) is 9.78 Å². The molecule has 19 heavy (non-hydrogen) atoms. The summed E-state index contributed by atoms with van der Waals surface area (Å²) in [6.07, 6.45) is 3.45. The summed E-state index contributed by atoms with van der Waals surface area (Å²) in [7, 11) is 1.72. The van der Waals surface area contributed by atoms with Crippen molar-refractivity contribution in [1.29, 1.82) is 0 Å². The second kappa shape index (κ2) is 6.32. The van der Waals surface area contributed by atoms with Crippen LogP contribution in [0.1, 0.15) is 30.5 Å². The summed E-state index contributed by atoms with van der Waals surface area (Å²) in [6, 6.07) is 4.26. The minimum absolute atomic E-state index is 0.227. The van der Waals surface area contributed by atoms with Gasteiger partial charge in [-0.15, -0.1) is 0 Å². The minimum Gasteiger partial charge on any atom is -0.302 e. The third-order valence-electron chi connectivity index (χ3n) is 3.21. The van der Waals surface area contributed by atoms with E-state index in [9.17, 15) is 4.79 Å². The van der Waals surface area contributed by atoms with Crippen molar-refractivity contribution in [3.8, 4) is 11.1 Å². The lowest BCUT2D eigenvalue weighted by atomic mass is 9.98. The monoisotopic (exact) mass is 258 g/mol. The van der Waals surface area contributed by atoms with E-state index in [1.807, 2.05) is 20.0 Å². The van der Waals surface area contributed by atoms with Crippen LogP contribution >= 0.6 is 0 Å². The Balaban J connectivity index is 0.000000861. The second-order valence-electron chi connectivity index (χ2n) is 4.47. The van der Waals surface area contributed by atoms with Crippen LogP contribution < -0.4 is 5.69 Å². The summed E-state index contributed by atoms with van der Waals surface area (Å²) in [5, 5.41) is 0. The molecule has 2 rings (SSSR count). The van der Waals surface area contributed by atoms with E-state index in [-0.39, 0.29) is 5.69 Å². The Labute approximate surface area is 114 Å². The molecule has 1 aromatic carbocycles. The van der Waals surface area contributed by atoms with Crippen molar-refractivity contribution in [2.75, 3.05) is 0 Å². The maximum absolute atomic E-state index is 11.2. The van der Waals surface area contributed by atoms with Gasteiger partial charge in [0, 0.05) is 25.0 Å². The van der Waals surface area contributed by atoms with Crippen molar-refractivity contribution >= 4 is 0 Å². The maximum Gasteiger partial charge on any atom is 0.347 e. The number of aryl methyl sites for hydroxylation is 3. The Hall–Kier alpha value is -1.90. The van der Waals surface area contributed by atoms with Crippen LogP contribution in [0.25, 0.3) is 11.1 Å². The van der Waals surface area contributed by atoms with Gasteiger partial charge >= 0.3 is 5.69 Å². The van der Waals surface area contributed by atoms with E-state index in [1.165, 1.54) is 21.3 Å². The van der Waals surface area contributed by atoms with Crippen LogP contribution in [-0.2, 0) is 7.05 Å². The SMILES string of the molecule is CC.Cc1cc(-c2cnc(=O)n(C)c2)cc(C)c1C. The molecule has 1 aromatic heterocycles. The molecule has 0 atom stereocenters. The zero-order valence-corrected chi connectivity index (χ0v) is 12.6. The van der Waals surface area contributed by atoms with Crippen molar-refractivity contribution in [2.45, 2.75) is 34.6 Å². The molecule has 3 heteroatoms. The molecule has 0 N–H and O–H groups in total. The average molecular weight is 258 g/mol. The molecule has 0 spiro atoms. The van der Waals surface area contributed by atoms with E-state index in [1.54, 1.807) is 13.2 Å². The van der Waals surface area contributed by atoms with Crippen LogP contribution in [0.3, 0.4) is 0 Å². The molecular formula is C16H22N2O. The maximum atomic E-state index is 11.2. The molecule has 2 aromatic rings. The molecule has 1 heterocycles. The number of nitrogens with zero attached hydrogens (tertiary/aromatic N) is 2. The quantitative estimate of drug-likeness (QED) is 0.785. The Morgan fingerprint density at radius 2 is 1.53 bits per heavy atom. The summed E-state index contributed by atoms with van der Waals surface area (Å²) >= 11 is 0. The zero-order valence-electron chi connectivity index (χ0n) is 12.6. The van der Waals surface area contributed by atoms with E-state index in [4.69, 9.17) is 0 Å². The Kier molecular flexibility index (Phi) is 5.04. The van der Waals surface area contributed by atoms with Gasteiger partial charge in [-0.1, -0.05) is 26.0 Å². The molecule has 102 valence electrons. The van der Waals surface area contributed by atoms with Gasteiger partial charge in [0.2, 0.25) is 0 Å². The molecular weight excluding hydrogens is 236 g/mol. The van der Waals surface area contributed by atoms with Crippen LogP contribution in [0, 0.1) is 20.8 Å². The summed E-state index contributed by atoms with van der Waals surface area (Å²) in [5.74, 6) is 0. The largest absolute Gasteiger partial charge is 0.347 e. The van der Waals surface area contributed by atoms with Crippen LogP contribution in [-0.4, -0.2) is 9.55 Å². The number of rotatable bonds is 1. The smallest absolute Gasteiger partial charge is 0.302 e. The molecule has 0 saturated carbocycles. The van der Waals surface area contributed by atoms with Gasteiger partial charge < -0.3 is 4.57 Å². The third kappa shape index (κ3) is 3.31. The van der Waals surface area contributed by atoms with Gasteiger partial charge in [0.25, 0.3) is 0 Å². The van der Waals surface area contributed by atoms with Crippen molar-refractivity contribution < 1.29 is 0 Å². The molecule has 0 aliphatic heterocycles. The van der Waals surface area contributed by atoms with Crippen molar-refractivity contribution in [3.05, 3.63) is 51.7 Å². The summed E-state index contributed by atoms with van der Waals surface area (Å²) in [4.78, 5) is 15.1. The number of benzene rings is 1. The standard InChI is InChI=1S/C14H16N2O.C2H6/c1-9-5-12(6-10(2)11(9)3)13-7-15-14(17)16(4)8-13;1-2/h5-8H,1-4H3;1-2H3. The minimum atomic E-state index is -0.227. The highest BCUT2D eigenvalue weighted by molar-refractivity contribution is 5.64. The van der Waals surface area contributed by atoms with E-state index in [0.29, 0.717) is 0 Å². The molecule has 0 bridgehead atoms. The molecule has 0 aliphatic rings. The lowest BCUT2D eigenvalue weighted by molar-refractivity contribution is 0.812.